The van der Waals surface area contributed by atoms with Crippen molar-refractivity contribution >= 4 is 5.97 Å². The molecule has 1 rings (SSSR count). The maximum Gasteiger partial charge on any atom is 0.308 e. The van der Waals surface area contributed by atoms with E-state index in [1.807, 2.05) is 6.92 Å². The van der Waals surface area contributed by atoms with Crippen LogP contribution in [-0.4, -0.2) is 38.9 Å². The van der Waals surface area contributed by atoms with Crippen LogP contribution in [0.25, 0.3) is 0 Å². The Morgan fingerprint density at radius 3 is 2.94 bits per heavy atom. The number of carbonyl (C=O) groups is 1. The summed E-state index contributed by atoms with van der Waals surface area (Å²) < 4.78 is 10.1. The van der Waals surface area contributed by atoms with E-state index in [-0.39, 0.29) is 11.9 Å². The van der Waals surface area contributed by atoms with Crippen LogP contribution in [0.1, 0.15) is 39.0 Å². The second-order valence-electron chi connectivity index (χ2n) is 4.61. The van der Waals surface area contributed by atoms with E-state index < -0.39 is 0 Å². The summed E-state index contributed by atoms with van der Waals surface area (Å²) in [5.74, 6) is 0.0829. The highest BCUT2D eigenvalue weighted by Gasteiger charge is 2.27. The number of ether oxygens (including phenoxy) is 2. The molecule has 17 heavy (non-hydrogen) atoms. The second kappa shape index (κ2) is 8.48. The van der Waals surface area contributed by atoms with Crippen molar-refractivity contribution in [1.29, 1.82) is 0 Å². The van der Waals surface area contributed by atoms with Crippen LogP contribution in [0.5, 0.6) is 0 Å². The van der Waals surface area contributed by atoms with E-state index in [4.69, 9.17) is 9.47 Å². The van der Waals surface area contributed by atoms with Crippen molar-refractivity contribution in [2.75, 3.05) is 26.9 Å². The molecule has 0 spiro atoms. The van der Waals surface area contributed by atoms with Gasteiger partial charge in [0.05, 0.1) is 12.5 Å². The molecule has 0 aromatic rings. The zero-order chi connectivity index (χ0) is 12.5. The lowest BCUT2D eigenvalue weighted by molar-refractivity contribution is -0.149. The summed E-state index contributed by atoms with van der Waals surface area (Å²) in [6.07, 6.45) is 5.21. The van der Waals surface area contributed by atoms with Crippen LogP contribution in [0.2, 0.25) is 0 Å². The van der Waals surface area contributed by atoms with Crippen LogP contribution in [0.4, 0.5) is 0 Å². The van der Waals surface area contributed by atoms with Crippen LogP contribution in [0, 0.1) is 5.92 Å². The van der Waals surface area contributed by atoms with Crippen molar-refractivity contribution in [2.24, 2.45) is 5.92 Å². The maximum absolute atomic E-state index is 11.6. The number of carbonyl (C=O) groups excluding carboxylic acids is 1. The van der Waals surface area contributed by atoms with Crippen molar-refractivity contribution in [3.8, 4) is 0 Å². The van der Waals surface area contributed by atoms with Gasteiger partial charge in [0.25, 0.3) is 0 Å². The average molecular weight is 243 g/mol. The van der Waals surface area contributed by atoms with Gasteiger partial charge >= 0.3 is 5.97 Å². The Bertz CT molecular complexity index is 221. The van der Waals surface area contributed by atoms with Crippen molar-refractivity contribution in [2.45, 2.75) is 45.1 Å². The molecule has 100 valence electrons. The molecule has 0 aliphatic heterocycles. The number of nitrogens with one attached hydrogen (secondary N) is 1. The third-order valence-electron chi connectivity index (χ3n) is 3.25. The number of hydrogen-bond donors (Lipinski definition) is 1. The third-order valence-corrected chi connectivity index (χ3v) is 3.25. The first-order chi connectivity index (χ1) is 8.27. The normalized spacial score (nSPS) is 24.6. The maximum atomic E-state index is 11.6. The quantitative estimate of drug-likeness (QED) is 0.546. The Balaban J connectivity index is 2.21. The Labute approximate surface area is 104 Å². The van der Waals surface area contributed by atoms with E-state index in [1.165, 1.54) is 6.42 Å². The first-order valence-corrected chi connectivity index (χ1v) is 6.66. The van der Waals surface area contributed by atoms with Gasteiger partial charge in [0.1, 0.15) is 0 Å². The van der Waals surface area contributed by atoms with Gasteiger partial charge in [0.15, 0.2) is 0 Å². The molecule has 2 unspecified atom stereocenters. The average Bonchev–Trinajstić information content (AvgIpc) is 2.35. The van der Waals surface area contributed by atoms with Crippen molar-refractivity contribution in [1.82, 2.24) is 5.32 Å². The fraction of sp³-hybridized carbons (Fsp3) is 0.923. The predicted octanol–water partition coefficient (Wildman–Crippen LogP) is 1.73. The molecule has 0 aromatic heterocycles. The molecule has 0 saturated heterocycles. The highest BCUT2D eigenvalue weighted by atomic mass is 16.5. The summed E-state index contributed by atoms with van der Waals surface area (Å²) in [6.45, 7) is 4.11. The molecule has 4 nitrogen and oxygen atoms in total. The predicted molar refractivity (Wildman–Crippen MR) is 66.9 cm³/mol. The fourth-order valence-corrected chi connectivity index (χ4v) is 2.37. The van der Waals surface area contributed by atoms with E-state index in [0.29, 0.717) is 12.6 Å². The molecule has 1 N–H and O–H groups in total. The van der Waals surface area contributed by atoms with E-state index in [0.717, 1.165) is 38.8 Å². The number of rotatable bonds is 7. The molecule has 0 aromatic carbocycles. The topological polar surface area (TPSA) is 47.6 Å². The lowest BCUT2D eigenvalue weighted by Crippen LogP contribution is -2.37. The van der Waals surface area contributed by atoms with Gasteiger partial charge < -0.3 is 14.8 Å². The highest BCUT2D eigenvalue weighted by Crippen LogP contribution is 2.25. The van der Waals surface area contributed by atoms with Crippen molar-refractivity contribution in [3.63, 3.8) is 0 Å². The Hall–Kier alpha value is -0.610. The molecule has 1 fully saturated rings. The second-order valence-corrected chi connectivity index (χ2v) is 4.61. The minimum absolute atomic E-state index is 0.0177. The molecule has 2 atom stereocenters. The SMILES string of the molecule is CCOC(=O)C1CCCC(NCCCOC)C1. The van der Waals surface area contributed by atoms with E-state index in [2.05, 4.69) is 5.32 Å². The lowest BCUT2D eigenvalue weighted by Gasteiger charge is -2.28. The van der Waals surface area contributed by atoms with Gasteiger partial charge in [-0.05, 0) is 39.2 Å². The molecule has 0 bridgehead atoms. The van der Waals surface area contributed by atoms with Gasteiger partial charge in [0.2, 0.25) is 0 Å². The van der Waals surface area contributed by atoms with E-state index in [9.17, 15) is 4.79 Å². The zero-order valence-electron chi connectivity index (χ0n) is 11.0. The zero-order valence-corrected chi connectivity index (χ0v) is 11.0. The molecule has 0 heterocycles. The summed E-state index contributed by atoms with van der Waals surface area (Å²) in [7, 11) is 1.72. The largest absolute Gasteiger partial charge is 0.466 e. The number of hydrogen-bond acceptors (Lipinski definition) is 4. The molecule has 0 amide bonds. The Morgan fingerprint density at radius 1 is 1.41 bits per heavy atom. The summed E-state index contributed by atoms with van der Waals surface area (Å²) in [6, 6.07) is 0.468. The van der Waals surface area contributed by atoms with Crippen LogP contribution in [0.3, 0.4) is 0 Å². The number of methoxy groups -OCH3 is 1. The van der Waals surface area contributed by atoms with Crippen LogP contribution < -0.4 is 5.32 Å². The molecule has 1 aliphatic rings. The fourth-order valence-electron chi connectivity index (χ4n) is 2.37. The Kier molecular flexibility index (Phi) is 7.21. The molecule has 1 aliphatic carbocycles. The first-order valence-electron chi connectivity index (χ1n) is 6.66. The van der Waals surface area contributed by atoms with Crippen LogP contribution in [-0.2, 0) is 14.3 Å². The van der Waals surface area contributed by atoms with Gasteiger partial charge in [-0.3, -0.25) is 4.79 Å². The van der Waals surface area contributed by atoms with Gasteiger partial charge in [-0.2, -0.15) is 0 Å². The molecule has 1 saturated carbocycles. The van der Waals surface area contributed by atoms with Crippen molar-refractivity contribution < 1.29 is 14.3 Å². The lowest BCUT2D eigenvalue weighted by atomic mass is 9.85. The van der Waals surface area contributed by atoms with Crippen molar-refractivity contribution in [3.05, 3.63) is 0 Å². The van der Waals surface area contributed by atoms with Gasteiger partial charge in [-0.1, -0.05) is 6.42 Å². The molecule has 4 heteroatoms. The Morgan fingerprint density at radius 2 is 2.24 bits per heavy atom. The molecule has 0 radical (unpaired) electrons. The summed E-state index contributed by atoms with van der Waals surface area (Å²) in [5, 5.41) is 3.50. The standard InChI is InChI=1S/C13H25NO3/c1-3-17-13(15)11-6-4-7-12(10-11)14-8-5-9-16-2/h11-12,14H,3-10H2,1-2H3. The minimum atomic E-state index is -0.0177. The van der Waals surface area contributed by atoms with Gasteiger partial charge in [0, 0.05) is 19.8 Å². The van der Waals surface area contributed by atoms with Crippen LogP contribution in [0.15, 0.2) is 0 Å². The third kappa shape index (κ3) is 5.50. The van der Waals surface area contributed by atoms with Crippen LogP contribution >= 0.6 is 0 Å². The monoisotopic (exact) mass is 243 g/mol. The summed E-state index contributed by atoms with van der Waals surface area (Å²) >= 11 is 0. The minimum Gasteiger partial charge on any atom is -0.466 e. The van der Waals surface area contributed by atoms with Gasteiger partial charge in [-0.25, -0.2) is 0 Å². The highest BCUT2D eigenvalue weighted by molar-refractivity contribution is 5.72. The number of esters is 1. The van der Waals surface area contributed by atoms with E-state index in [1.54, 1.807) is 7.11 Å². The molecular weight excluding hydrogens is 218 g/mol. The van der Waals surface area contributed by atoms with Gasteiger partial charge in [-0.15, -0.1) is 0 Å². The first kappa shape index (κ1) is 14.5. The molecular formula is C13H25NO3. The smallest absolute Gasteiger partial charge is 0.308 e. The van der Waals surface area contributed by atoms with E-state index >= 15 is 0 Å². The summed E-state index contributed by atoms with van der Waals surface area (Å²) in [5.41, 5.74) is 0. The summed E-state index contributed by atoms with van der Waals surface area (Å²) in [4.78, 5) is 11.6.